The molecular weight excluding hydrogens is 314 g/mol. The monoisotopic (exact) mass is 327 g/mol. The molecule has 0 aliphatic rings. The first-order chi connectivity index (χ1) is 9.93. The molecule has 0 unspecified atom stereocenters. The fourth-order valence-electron chi connectivity index (χ4n) is 1.70. The Kier molecular flexibility index (Phi) is 4.38. The third-order valence-corrected chi connectivity index (χ3v) is 4.41. The Bertz CT molecular complexity index is 808. The predicted octanol–water partition coefficient (Wildman–Crippen LogP) is 0.448. The van der Waals surface area contributed by atoms with Crippen molar-refractivity contribution in [2.24, 2.45) is 5.16 Å². The fourth-order valence-corrected chi connectivity index (χ4v) is 3.19. The van der Waals surface area contributed by atoms with Gasteiger partial charge in [-0.15, -0.1) is 0 Å². The molecule has 0 aliphatic carbocycles. The molecule has 0 amide bonds. The first-order valence-electron chi connectivity index (χ1n) is 5.81. The van der Waals surface area contributed by atoms with Gasteiger partial charge < -0.3 is 11.0 Å². The van der Waals surface area contributed by atoms with E-state index in [0.717, 1.165) is 4.68 Å². The second-order valence-electron chi connectivity index (χ2n) is 4.26. The van der Waals surface area contributed by atoms with E-state index in [1.54, 1.807) is 30.3 Å². The number of hydrogen-bond donors (Lipinski definition) is 3. The van der Waals surface area contributed by atoms with Gasteiger partial charge in [-0.3, -0.25) is 5.10 Å². The molecule has 1 aromatic carbocycles. The van der Waals surface area contributed by atoms with E-state index in [0.29, 0.717) is 5.56 Å². The molecule has 0 bridgehead atoms. The summed E-state index contributed by atoms with van der Waals surface area (Å²) in [6, 6.07) is 8.53. The molecule has 4 N–H and O–H groups in total. The molecule has 2 aromatic rings. The number of nitrogens with one attached hydrogen (secondary N) is 1. The minimum Gasteiger partial charge on any atom is -0.411 e. The van der Waals surface area contributed by atoms with Crippen LogP contribution in [0.15, 0.2) is 35.5 Å². The lowest BCUT2D eigenvalue weighted by Crippen LogP contribution is -2.22. The summed E-state index contributed by atoms with van der Waals surface area (Å²) in [4.78, 5) is 0. The summed E-state index contributed by atoms with van der Waals surface area (Å²) in [7, 11) is -3.62. The molecule has 0 radical (unpaired) electrons. The van der Waals surface area contributed by atoms with Gasteiger partial charge in [0.1, 0.15) is 11.5 Å². The van der Waals surface area contributed by atoms with Crippen molar-refractivity contribution in [3.05, 3.63) is 46.5 Å². The lowest BCUT2D eigenvalue weighted by Gasteiger charge is -2.06. The molecule has 10 heteroatoms. The maximum Gasteiger partial charge on any atom is 0.214 e. The number of hydrogen-bond acceptors (Lipinski definition) is 7. The zero-order valence-corrected chi connectivity index (χ0v) is 12.4. The lowest BCUT2D eigenvalue weighted by molar-refractivity contribution is 0.319. The molecule has 0 fully saturated rings. The molecule has 8 nitrogen and oxygen atoms in total. The summed E-state index contributed by atoms with van der Waals surface area (Å²) in [6.45, 7) is 0. The minimum absolute atomic E-state index is 0.0494. The van der Waals surface area contributed by atoms with E-state index >= 15 is 0 Å². The Morgan fingerprint density at radius 2 is 2.10 bits per heavy atom. The van der Waals surface area contributed by atoms with Crippen molar-refractivity contribution in [2.75, 3.05) is 11.6 Å². The standard InChI is InChI=1S/C11H13N5O3S2/c12-16-10(13-14-11(16)20)7-21(18,19)6-9(15-17)8-4-2-1-3-5-8/h1-5,17H,6-7,12H2,(H,14,20)/b15-9-. The van der Waals surface area contributed by atoms with Crippen LogP contribution in [-0.2, 0) is 15.6 Å². The van der Waals surface area contributed by atoms with Crippen LogP contribution in [-0.4, -0.2) is 40.0 Å². The van der Waals surface area contributed by atoms with Crippen LogP contribution < -0.4 is 5.84 Å². The molecule has 0 saturated carbocycles. The fraction of sp³-hybridized carbons (Fsp3) is 0.182. The van der Waals surface area contributed by atoms with Crippen LogP contribution in [0.25, 0.3) is 0 Å². The molecule has 0 aliphatic heterocycles. The first kappa shape index (κ1) is 15.2. The van der Waals surface area contributed by atoms with Crippen molar-refractivity contribution in [1.29, 1.82) is 0 Å². The van der Waals surface area contributed by atoms with Crippen LogP contribution in [0.4, 0.5) is 0 Å². The summed E-state index contributed by atoms with van der Waals surface area (Å²) in [5, 5.41) is 18.2. The highest BCUT2D eigenvalue weighted by Crippen LogP contribution is 2.08. The molecule has 2 rings (SSSR count). The van der Waals surface area contributed by atoms with E-state index in [4.69, 9.17) is 23.3 Å². The maximum atomic E-state index is 12.2. The molecule has 0 spiro atoms. The number of benzene rings is 1. The number of rotatable bonds is 5. The van der Waals surface area contributed by atoms with Crippen LogP contribution in [0.5, 0.6) is 0 Å². The summed E-state index contributed by atoms with van der Waals surface area (Å²) in [5.74, 6) is 4.80. The summed E-state index contributed by atoms with van der Waals surface area (Å²) >= 11 is 4.81. The van der Waals surface area contributed by atoms with E-state index in [1.807, 2.05) is 0 Å². The lowest BCUT2D eigenvalue weighted by atomic mass is 10.1. The van der Waals surface area contributed by atoms with Gasteiger partial charge >= 0.3 is 0 Å². The zero-order chi connectivity index (χ0) is 15.5. The average molecular weight is 327 g/mol. The highest BCUT2D eigenvalue weighted by Gasteiger charge is 2.20. The topological polar surface area (TPSA) is 126 Å². The zero-order valence-electron chi connectivity index (χ0n) is 10.8. The van der Waals surface area contributed by atoms with E-state index in [2.05, 4.69) is 15.4 Å². The summed E-state index contributed by atoms with van der Waals surface area (Å²) in [5.41, 5.74) is 0.573. The molecular formula is C11H13N5O3S2. The number of aromatic amines is 1. The van der Waals surface area contributed by atoms with Gasteiger partial charge in [0, 0.05) is 5.56 Å². The molecule has 112 valence electrons. The van der Waals surface area contributed by atoms with Gasteiger partial charge in [-0.05, 0) is 12.2 Å². The predicted molar refractivity (Wildman–Crippen MR) is 79.8 cm³/mol. The summed E-state index contributed by atoms with van der Waals surface area (Å²) < 4.78 is 25.4. The maximum absolute atomic E-state index is 12.2. The van der Waals surface area contributed by atoms with Crippen molar-refractivity contribution < 1.29 is 13.6 Å². The molecule has 21 heavy (non-hydrogen) atoms. The van der Waals surface area contributed by atoms with Gasteiger partial charge in [-0.2, -0.15) is 5.10 Å². The van der Waals surface area contributed by atoms with Gasteiger partial charge in [0.2, 0.25) is 4.77 Å². The van der Waals surface area contributed by atoms with Crippen molar-refractivity contribution in [1.82, 2.24) is 14.9 Å². The highest BCUT2D eigenvalue weighted by atomic mass is 32.2. The number of aromatic nitrogens is 3. The van der Waals surface area contributed by atoms with Gasteiger partial charge in [0.25, 0.3) is 0 Å². The third-order valence-electron chi connectivity index (χ3n) is 2.71. The number of nitrogen functional groups attached to an aromatic ring is 1. The second-order valence-corrected chi connectivity index (χ2v) is 6.71. The van der Waals surface area contributed by atoms with Crippen LogP contribution in [0.2, 0.25) is 0 Å². The van der Waals surface area contributed by atoms with E-state index < -0.39 is 21.3 Å². The average Bonchev–Trinajstić information content (AvgIpc) is 2.77. The Morgan fingerprint density at radius 1 is 1.43 bits per heavy atom. The third kappa shape index (κ3) is 3.67. The Balaban J connectivity index is 2.21. The number of oxime groups is 1. The Hall–Kier alpha value is -2.20. The van der Waals surface area contributed by atoms with Gasteiger partial charge in [0.05, 0.1) is 5.75 Å². The van der Waals surface area contributed by atoms with Crippen molar-refractivity contribution in [2.45, 2.75) is 5.75 Å². The number of nitrogens with zero attached hydrogens (tertiary/aromatic N) is 3. The van der Waals surface area contributed by atoms with Crippen molar-refractivity contribution >= 4 is 27.8 Å². The SMILES string of the molecule is Nn1c(CS(=O)(=O)C/C(=N/O)c2ccccc2)n[nH]c1=S. The number of sulfone groups is 1. The van der Waals surface area contributed by atoms with Crippen LogP contribution in [0, 0.1) is 4.77 Å². The second kappa shape index (κ2) is 6.06. The Morgan fingerprint density at radius 3 is 2.62 bits per heavy atom. The van der Waals surface area contributed by atoms with E-state index in [9.17, 15) is 8.42 Å². The highest BCUT2D eigenvalue weighted by molar-refractivity contribution is 7.91. The van der Waals surface area contributed by atoms with Crippen LogP contribution >= 0.6 is 12.2 Å². The minimum atomic E-state index is -3.62. The molecule has 1 aromatic heterocycles. The van der Waals surface area contributed by atoms with Crippen molar-refractivity contribution in [3.63, 3.8) is 0 Å². The van der Waals surface area contributed by atoms with E-state index in [1.165, 1.54) is 0 Å². The van der Waals surface area contributed by atoms with Gasteiger partial charge in [0.15, 0.2) is 15.7 Å². The smallest absolute Gasteiger partial charge is 0.214 e. The van der Waals surface area contributed by atoms with Crippen molar-refractivity contribution in [3.8, 4) is 0 Å². The first-order valence-corrected chi connectivity index (χ1v) is 8.04. The van der Waals surface area contributed by atoms with Crippen LogP contribution in [0.3, 0.4) is 0 Å². The van der Waals surface area contributed by atoms with Gasteiger partial charge in [-0.25, -0.2) is 13.1 Å². The quantitative estimate of drug-likeness (QED) is 0.241. The molecule has 0 saturated heterocycles. The van der Waals surface area contributed by atoms with E-state index in [-0.39, 0.29) is 16.3 Å². The van der Waals surface area contributed by atoms with Crippen LogP contribution in [0.1, 0.15) is 11.4 Å². The normalized spacial score (nSPS) is 12.5. The largest absolute Gasteiger partial charge is 0.411 e. The molecule has 1 heterocycles. The molecule has 0 atom stereocenters. The number of H-pyrrole nitrogens is 1. The Labute approximate surface area is 125 Å². The van der Waals surface area contributed by atoms with Gasteiger partial charge in [-0.1, -0.05) is 35.5 Å². The summed E-state index contributed by atoms with van der Waals surface area (Å²) in [6.07, 6.45) is 0. The number of nitrogens with two attached hydrogens (primary N) is 1.